The number of nitrogens with zero attached hydrogens (tertiary/aromatic N) is 2. The SMILES string of the molecule is COc1cc2cccnc2cc1-c1ccc(C(C)C2CCN(C(=O)C3CC3)CC2)cc1. The second kappa shape index (κ2) is 8.33. The zero-order valence-corrected chi connectivity index (χ0v) is 18.4. The Balaban J connectivity index is 1.31. The van der Waals surface area contributed by atoms with Gasteiger partial charge in [-0.2, -0.15) is 0 Å². The number of likely N-dealkylation sites (tertiary alicyclic amines) is 1. The van der Waals surface area contributed by atoms with Crippen molar-refractivity contribution in [1.82, 2.24) is 9.88 Å². The van der Waals surface area contributed by atoms with Crippen LogP contribution in [-0.2, 0) is 4.79 Å². The average molecular weight is 415 g/mol. The van der Waals surface area contributed by atoms with Gasteiger partial charge in [-0.15, -0.1) is 0 Å². The Hall–Kier alpha value is -2.88. The standard InChI is InChI=1S/C27H30N2O2/c1-18(20-11-14-29(15-12-20)27(30)22-9-10-22)19-5-7-21(8-6-19)24-17-25-23(4-3-13-28-25)16-26(24)31-2/h3-8,13,16-18,20,22H,9-12,14-15H2,1-2H3. The van der Waals surface area contributed by atoms with Crippen LogP contribution in [0.4, 0.5) is 0 Å². The van der Waals surface area contributed by atoms with E-state index in [-0.39, 0.29) is 0 Å². The number of pyridine rings is 1. The quantitative estimate of drug-likeness (QED) is 0.541. The summed E-state index contributed by atoms with van der Waals surface area (Å²) in [5, 5.41) is 1.08. The van der Waals surface area contributed by atoms with Crippen molar-refractivity contribution in [3.63, 3.8) is 0 Å². The maximum atomic E-state index is 12.3. The molecule has 160 valence electrons. The van der Waals surface area contributed by atoms with E-state index in [0.29, 0.717) is 23.7 Å². The molecule has 0 spiro atoms. The number of hydrogen-bond acceptors (Lipinski definition) is 3. The Bertz CT molecular complexity index is 1080. The molecule has 1 saturated carbocycles. The molecule has 3 aromatic rings. The van der Waals surface area contributed by atoms with Crippen molar-refractivity contribution in [2.45, 2.75) is 38.5 Å². The Morgan fingerprint density at radius 2 is 1.81 bits per heavy atom. The Morgan fingerprint density at radius 1 is 1.06 bits per heavy atom. The highest BCUT2D eigenvalue weighted by Crippen LogP contribution is 2.38. The summed E-state index contributed by atoms with van der Waals surface area (Å²) >= 11 is 0. The number of piperidine rings is 1. The van der Waals surface area contributed by atoms with Crippen LogP contribution < -0.4 is 4.74 Å². The molecule has 2 fully saturated rings. The molecule has 2 aromatic carbocycles. The lowest BCUT2D eigenvalue weighted by Gasteiger charge is -2.35. The number of benzene rings is 2. The van der Waals surface area contributed by atoms with Crippen LogP contribution in [0, 0.1) is 11.8 Å². The molecule has 1 unspecified atom stereocenters. The summed E-state index contributed by atoms with van der Waals surface area (Å²) in [4.78, 5) is 18.9. The van der Waals surface area contributed by atoms with Crippen molar-refractivity contribution in [1.29, 1.82) is 0 Å². The smallest absolute Gasteiger partial charge is 0.225 e. The molecule has 0 radical (unpaired) electrons. The van der Waals surface area contributed by atoms with Gasteiger partial charge in [0.25, 0.3) is 0 Å². The summed E-state index contributed by atoms with van der Waals surface area (Å²) in [7, 11) is 1.72. The van der Waals surface area contributed by atoms with Crippen molar-refractivity contribution < 1.29 is 9.53 Å². The lowest BCUT2D eigenvalue weighted by Crippen LogP contribution is -2.40. The van der Waals surface area contributed by atoms with E-state index >= 15 is 0 Å². The fraction of sp³-hybridized carbons (Fsp3) is 0.407. The third kappa shape index (κ3) is 4.04. The zero-order valence-electron chi connectivity index (χ0n) is 18.4. The van der Waals surface area contributed by atoms with Gasteiger partial charge in [-0.1, -0.05) is 37.3 Å². The number of ether oxygens (including phenoxy) is 1. The van der Waals surface area contributed by atoms with Gasteiger partial charge in [-0.25, -0.2) is 0 Å². The fourth-order valence-electron chi connectivity index (χ4n) is 4.94. The summed E-state index contributed by atoms with van der Waals surface area (Å²) in [5.74, 6) is 2.73. The third-order valence-corrected chi connectivity index (χ3v) is 7.16. The van der Waals surface area contributed by atoms with E-state index in [1.165, 1.54) is 5.56 Å². The summed E-state index contributed by atoms with van der Waals surface area (Å²) in [6.07, 6.45) is 6.23. The minimum absolute atomic E-state index is 0.337. The fourth-order valence-corrected chi connectivity index (χ4v) is 4.94. The van der Waals surface area contributed by atoms with E-state index in [0.717, 1.165) is 66.6 Å². The topological polar surface area (TPSA) is 42.4 Å². The number of methoxy groups -OCH3 is 1. The van der Waals surface area contributed by atoms with Crippen molar-refractivity contribution in [2.24, 2.45) is 11.8 Å². The van der Waals surface area contributed by atoms with Crippen LogP contribution in [0.15, 0.2) is 54.7 Å². The van der Waals surface area contributed by atoms with E-state index in [4.69, 9.17) is 4.74 Å². The first-order chi connectivity index (χ1) is 15.1. The summed E-state index contributed by atoms with van der Waals surface area (Å²) in [6.45, 7) is 4.17. The van der Waals surface area contributed by atoms with E-state index in [1.54, 1.807) is 7.11 Å². The van der Waals surface area contributed by atoms with Gasteiger partial charge in [0.1, 0.15) is 5.75 Å². The minimum Gasteiger partial charge on any atom is -0.496 e. The first-order valence-electron chi connectivity index (χ1n) is 11.5. The average Bonchev–Trinajstić information content (AvgIpc) is 3.68. The lowest BCUT2D eigenvalue weighted by molar-refractivity contribution is -0.134. The van der Waals surface area contributed by atoms with Crippen LogP contribution in [0.3, 0.4) is 0 Å². The van der Waals surface area contributed by atoms with Gasteiger partial charge in [0, 0.05) is 36.2 Å². The van der Waals surface area contributed by atoms with Gasteiger partial charge in [-0.05, 0) is 66.8 Å². The highest BCUT2D eigenvalue weighted by atomic mass is 16.5. The monoisotopic (exact) mass is 414 g/mol. The number of carbonyl (C=O) groups is 1. The van der Waals surface area contributed by atoms with Gasteiger partial charge >= 0.3 is 0 Å². The molecule has 31 heavy (non-hydrogen) atoms. The van der Waals surface area contributed by atoms with Crippen LogP contribution in [0.2, 0.25) is 0 Å². The number of carbonyl (C=O) groups excluding carboxylic acids is 1. The minimum atomic E-state index is 0.337. The number of aromatic nitrogens is 1. The Morgan fingerprint density at radius 3 is 2.48 bits per heavy atom. The number of amides is 1. The Kier molecular flexibility index (Phi) is 5.39. The third-order valence-electron chi connectivity index (χ3n) is 7.16. The predicted molar refractivity (Wildman–Crippen MR) is 124 cm³/mol. The molecule has 0 N–H and O–H groups in total. The Labute approximate surface area is 184 Å². The summed E-state index contributed by atoms with van der Waals surface area (Å²) in [6, 6.07) is 17.1. The summed E-state index contributed by atoms with van der Waals surface area (Å²) in [5.41, 5.74) is 4.56. The zero-order chi connectivity index (χ0) is 21.4. The lowest BCUT2D eigenvalue weighted by atomic mass is 9.81. The second-order valence-corrected chi connectivity index (χ2v) is 9.10. The van der Waals surface area contributed by atoms with E-state index < -0.39 is 0 Å². The van der Waals surface area contributed by atoms with E-state index in [9.17, 15) is 4.79 Å². The van der Waals surface area contributed by atoms with Crippen molar-refractivity contribution in [3.8, 4) is 16.9 Å². The van der Waals surface area contributed by atoms with Crippen LogP contribution in [0.25, 0.3) is 22.0 Å². The molecule has 4 nitrogen and oxygen atoms in total. The molecule has 0 bridgehead atoms. The first-order valence-corrected chi connectivity index (χ1v) is 11.5. The second-order valence-electron chi connectivity index (χ2n) is 9.10. The molecule has 5 rings (SSSR count). The molecule has 1 aromatic heterocycles. The molecule has 4 heteroatoms. The molecule has 2 heterocycles. The molecule has 1 aliphatic carbocycles. The van der Waals surface area contributed by atoms with Gasteiger partial charge in [0.2, 0.25) is 5.91 Å². The van der Waals surface area contributed by atoms with Crippen LogP contribution >= 0.6 is 0 Å². The maximum absolute atomic E-state index is 12.3. The van der Waals surface area contributed by atoms with Gasteiger partial charge in [0.15, 0.2) is 0 Å². The van der Waals surface area contributed by atoms with Gasteiger partial charge in [0.05, 0.1) is 12.6 Å². The maximum Gasteiger partial charge on any atom is 0.225 e. The van der Waals surface area contributed by atoms with Crippen molar-refractivity contribution >= 4 is 16.8 Å². The number of hydrogen-bond donors (Lipinski definition) is 0. The van der Waals surface area contributed by atoms with Crippen LogP contribution in [-0.4, -0.2) is 36.0 Å². The van der Waals surface area contributed by atoms with E-state index in [2.05, 4.69) is 59.3 Å². The van der Waals surface area contributed by atoms with Gasteiger partial charge < -0.3 is 9.64 Å². The van der Waals surface area contributed by atoms with Crippen molar-refractivity contribution in [2.75, 3.05) is 20.2 Å². The predicted octanol–water partition coefficient (Wildman–Crippen LogP) is 5.66. The molecule has 2 aliphatic rings. The van der Waals surface area contributed by atoms with Crippen LogP contribution in [0.5, 0.6) is 5.75 Å². The molecular formula is C27H30N2O2. The molecule has 1 aliphatic heterocycles. The van der Waals surface area contributed by atoms with E-state index in [1.807, 2.05) is 12.3 Å². The normalized spacial score (nSPS) is 18.2. The molecule has 1 atom stereocenters. The highest BCUT2D eigenvalue weighted by Gasteiger charge is 2.35. The highest BCUT2D eigenvalue weighted by molar-refractivity contribution is 5.88. The molecule has 1 amide bonds. The first kappa shape index (κ1) is 20.0. The number of rotatable bonds is 5. The van der Waals surface area contributed by atoms with Crippen LogP contribution in [0.1, 0.15) is 44.1 Å². The molecule has 1 saturated heterocycles. The molecular weight excluding hydrogens is 384 g/mol. The summed E-state index contributed by atoms with van der Waals surface area (Å²) < 4.78 is 5.67. The number of fused-ring (bicyclic) bond motifs is 1. The van der Waals surface area contributed by atoms with Gasteiger partial charge in [-0.3, -0.25) is 9.78 Å². The largest absolute Gasteiger partial charge is 0.496 e. The van der Waals surface area contributed by atoms with Crippen molar-refractivity contribution in [3.05, 3.63) is 60.3 Å².